The van der Waals surface area contributed by atoms with Crippen LogP contribution in [0.4, 0.5) is 0 Å². The molecule has 1 heterocycles. The van der Waals surface area contributed by atoms with Crippen molar-refractivity contribution in [3.05, 3.63) is 35.9 Å². The lowest BCUT2D eigenvalue weighted by atomic mass is 10.0. The van der Waals surface area contributed by atoms with Crippen LogP contribution in [0, 0.1) is 5.41 Å². The summed E-state index contributed by atoms with van der Waals surface area (Å²) in [6.45, 7) is 2.71. The Balaban J connectivity index is 2.24. The molecule has 3 N–H and O–H groups in total. The van der Waals surface area contributed by atoms with Gasteiger partial charge in [0.1, 0.15) is 0 Å². The molecule has 2 rings (SSSR count). The minimum Gasteiger partial charge on any atom is -0.370 e. The first-order chi connectivity index (χ1) is 7.68. The smallest absolute Gasteiger partial charge is 0.188 e. The largest absolute Gasteiger partial charge is 0.370 e. The van der Waals surface area contributed by atoms with Crippen molar-refractivity contribution in [2.45, 2.75) is 6.04 Å². The highest BCUT2D eigenvalue weighted by atomic mass is 15.3. The van der Waals surface area contributed by atoms with Crippen molar-refractivity contribution in [1.82, 2.24) is 9.80 Å². The predicted octanol–water partition coefficient (Wildman–Crippen LogP) is 0.869. The van der Waals surface area contributed by atoms with E-state index in [1.807, 2.05) is 23.1 Å². The van der Waals surface area contributed by atoms with E-state index in [4.69, 9.17) is 11.1 Å². The average molecular weight is 218 g/mol. The van der Waals surface area contributed by atoms with Crippen LogP contribution in [-0.2, 0) is 0 Å². The van der Waals surface area contributed by atoms with Crippen molar-refractivity contribution in [3.8, 4) is 0 Å². The van der Waals surface area contributed by atoms with Gasteiger partial charge in [0, 0.05) is 19.6 Å². The van der Waals surface area contributed by atoms with Crippen molar-refractivity contribution in [3.63, 3.8) is 0 Å². The van der Waals surface area contributed by atoms with Crippen LogP contribution in [0.25, 0.3) is 0 Å². The van der Waals surface area contributed by atoms with Crippen LogP contribution >= 0.6 is 0 Å². The number of rotatable bonds is 1. The Kier molecular flexibility index (Phi) is 3.10. The topological polar surface area (TPSA) is 56.4 Å². The number of nitrogens with two attached hydrogens (primary N) is 1. The molecule has 0 radical (unpaired) electrons. The van der Waals surface area contributed by atoms with Gasteiger partial charge >= 0.3 is 0 Å². The number of benzene rings is 1. The maximum absolute atomic E-state index is 7.62. The normalized spacial score (nSPS) is 22.1. The molecule has 4 nitrogen and oxygen atoms in total. The first-order valence-corrected chi connectivity index (χ1v) is 5.52. The number of likely N-dealkylation sites (N-methyl/N-ethyl adjacent to an activating group) is 1. The maximum atomic E-state index is 7.62. The van der Waals surface area contributed by atoms with Crippen LogP contribution in [0.1, 0.15) is 11.6 Å². The summed E-state index contributed by atoms with van der Waals surface area (Å²) < 4.78 is 0. The summed E-state index contributed by atoms with van der Waals surface area (Å²) in [6, 6.07) is 10.5. The van der Waals surface area contributed by atoms with Gasteiger partial charge in [0.2, 0.25) is 0 Å². The number of piperazine rings is 1. The number of nitrogens with one attached hydrogen (secondary N) is 1. The van der Waals surface area contributed by atoms with E-state index in [9.17, 15) is 0 Å². The molecule has 1 atom stereocenters. The van der Waals surface area contributed by atoms with Crippen LogP contribution < -0.4 is 5.73 Å². The molecule has 1 fully saturated rings. The van der Waals surface area contributed by atoms with E-state index in [1.54, 1.807) is 0 Å². The van der Waals surface area contributed by atoms with Crippen LogP contribution in [0.5, 0.6) is 0 Å². The van der Waals surface area contributed by atoms with Crippen molar-refractivity contribution >= 4 is 5.96 Å². The lowest BCUT2D eigenvalue weighted by molar-refractivity contribution is 0.149. The van der Waals surface area contributed by atoms with Gasteiger partial charge in [0.25, 0.3) is 0 Å². The van der Waals surface area contributed by atoms with Crippen LogP contribution in [0.3, 0.4) is 0 Å². The third-order valence-corrected chi connectivity index (χ3v) is 3.08. The SMILES string of the molecule is CN1CCN(C(=N)N)C(c2ccccc2)C1. The molecule has 0 amide bonds. The zero-order chi connectivity index (χ0) is 11.5. The summed E-state index contributed by atoms with van der Waals surface area (Å²) in [5.41, 5.74) is 6.86. The van der Waals surface area contributed by atoms with Crippen molar-refractivity contribution in [2.75, 3.05) is 26.7 Å². The molecule has 0 spiro atoms. The lowest BCUT2D eigenvalue weighted by Gasteiger charge is -2.40. The molecule has 1 aliphatic heterocycles. The molecule has 1 unspecified atom stereocenters. The molecule has 0 saturated carbocycles. The van der Waals surface area contributed by atoms with Gasteiger partial charge < -0.3 is 15.5 Å². The summed E-state index contributed by atoms with van der Waals surface area (Å²) in [6.07, 6.45) is 0. The summed E-state index contributed by atoms with van der Waals surface area (Å²) in [5, 5.41) is 7.62. The van der Waals surface area contributed by atoms with Crippen LogP contribution in [0.2, 0.25) is 0 Å². The summed E-state index contributed by atoms with van der Waals surface area (Å²) in [7, 11) is 2.10. The van der Waals surface area contributed by atoms with E-state index < -0.39 is 0 Å². The van der Waals surface area contributed by atoms with Gasteiger partial charge in [-0.2, -0.15) is 0 Å². The second kappa shape index (κ2) is 4.53. The molecular weight excluding hydrogens is 200 g/mol. The third kappa shape index (κ3) is 2.17. The molecule has 1 aliphatic rings. The summed E-state index contributed by atoms with van der Waals surface area (Å²) in [4.78, 5) is 4.24. The summed E-state index contributed by atoms with van der Waals surface area (Å²) >= 11 is 0. The second-order valence-electron chi connectivity index (χ2n) is 4.27. The monoisotopic (exact) mass is 218 g/mol. The van der Waals surface area contributed by atoms with E-state index in [1.165, 1.54) is 5.56 Å². The van der Waals surface area contributed by atoms with Gasteiger partial charge in [-0.3, -0.25) is 5.41 Å². The number of nitrogens with zero attached hydrogens (tertiary/aromatic N) is 2. The van der Waals surface area contributed by atoms with Crippen molar-refractivity contribution in [2.24, 2.45) is 5.73 Å². The van der Waals surface area contributed by atoms with Crippen molar-refractivity contribution in [1.29, 1.82) is 5.41 Å². The third-order valence-electron chi connectivity index (χ3n) is 3.08. The van der Waals surface area contributed by atoms with E-state index in [2.05, 4.69) is 24.1 Å². The molecule has 1 aromatic carbocycles. The van der Waals surface area contributed by atoms with Crippen LogP contribution in [0.15, 0.2) is 30.3 Å². The number of hydrogen-bond acceptors (Lipinski definition) is 2. The molecule has 0 bridgehead atoms. The van der Waals surface area contributed by atoms with E-state index in [-0.39, 0.29) is 12.0 Å². The minimum atomic E-state index is 0.168. The average Bonchev–Trinajstić information content (AvgIpc) is 2.29. The fourth-order valence-electron chi connectivity index (χ4n) is 2.17. The summed E-state index contributed by atoms with van der Waals surface area (Å²) in [5.74, 6) is 0.168. The molecular formula is C12H18N4. The number of hydrogen-bond donors (Lipinski definition) is 2. The Morgan fingerprint density at radius 2 is 2.00 bits per heavy atom. The van der Waals surface area contributed by atoms with Gasteiger partial charge in [0.05, 0.1) is 6.04 Å². The highest BCUT2D eigenvalue weighted by Gasteiger charge is 2.27. The zero-order valence-electron chi connectivity index (χ0n) is 9.56. The van der Waals surface area contributed by atoms with E-state index in [0.29, 0.717) is 0 Å². The standard InChI is InChI=1S/C12H18N4/c1-15-7-8-16(12(13)14)11(9-15)10-5-3-2-4-6-10/h2-6,11H,7-9H2,1H3,(H3,13,14). The first-order valence-electron chi connectivity index (χ1n) is 5.52. The predicted molar refractivity (Wildman–Crippen MR) is 65.3 cm³/mol. The van der Waals surface area contributed by atoms with Crippen LogP contribution in [-0.4, -0.2) is 42.4 Å². The first kappa shape index (κ1) is 11.0. The van der Waals surface area contributed by atoms with E-state index in [0.717, 1.165) is 19.6 Å². The Morgan fingerprint density at radius 1 is 1.31 bits per heavy atom. The Labute approximate surface area is 96.2 Å². The molecule has 4 heteroatoms. The molecule has 1 aromatic rings. The zero-order valence-corrected chi connectivity index (χ0v) is 9.56. The van der Waals surface area contributed by atoms with Gasteiger partial charge in [-0.1, -0.05) is 30.3 Å². The molecule has 1 saturated heterocycles. The quantitative estimate of drug-likeness (QED) is 0.543. The highest BCUT2D eigenvalue weighted by molar-refractivity contribution is 5.75. The molecule has 16 heavy (non-hydrogen) atoms. The highest BCUT2D eigenvalue weighted by Crippen LogP contribution is 2.23. The Hall–Kier alpha value is -1.55. The van der Waals surface area contributed by atoms with Gasteiger partial charge in [0.15, 0.2) is 5.96 Å². The second-order valence-corrected chi connectivity index (χ2v) is 4.27. The minimum absolute atomic E-state index is 0.168. The molecule has 0 aliphatic carbocycles. The Bertz CT molecular complexity index is 363. The van der Waals surface area contributed by atoms with Gasteiger partial charge in [-0.15, -0.1) is 0 Å². The number of guanidine groups is 1. The van der Waals surface area contributed by atoms with Crippen molar-refractivity contribution < 1.29 is 0 Å². The maximum Gasteiger partial charge on any atom is 0.188 e. The van der Waals surface area contributed by atoms with E-state index >= 15 is 0 Å². The molecule has 86 valence electrons. The fourth-order valence-corrected chi connectivity index (χ4v) is 2.17. The lowest BCUT2D eigenvalue weighted by Crippen LogP contribution is -2.51. The fraction of sp³-hybridized carbons (Fsp3) is 0.417. The Morgan fingerprint density at radius 3 is 2.62 bits per heavy atom. The van der Waals surface area contributed by atoms with Gasteiger partial charge in [-0.25, -0.2) is 0 Å². The molecule has 0 aromatic heterocycles. The van der Waals surface area contributed by atoms with Gasteiger partial charge in [-0.05, 0) is 12.6 Å².